The van der Waals surface area contributed by atoms with Crippen LogP contribution in [0.4, 0.5) is 5.69 Å². The van der Waals surface area contributed by atoms with Gasteiger partial charge in [-0.05, 0) is 40.9 Å². The minimum Gasteiger partial charge on any atom is -0.320 e. The molecule has 2 rings (SSSR count). The van der Waals surface area contributed by atoms with Crippen LogP contribution in [0, 0.1) is 13.8 Å². The van der Waals surface area contributed by atoms with Crippen molar-refractivity contribution < 1.29 is 4.79 Å². The highest BCUT2D eigenvalue weighted by molar-refractivity contribution is 9.10. The minimum absolute atomic E-state index is 0.208. The van der Waals surface area contributed by atoms with Gasteiger partial charge in [0, 0.05) is 18.9 Å². The largest absolute Gasteiger partial charge is 0.320 e. The van der Waals surface area contributed by atoms with Gasteiger partial charge in [-0.25, -0.2) is 0 Å². The Bertz CT molecular complexity index is 584. The van der Waals surface area contributed by atoms with E-state index in [1.165, 1.54) is 0 Å². The van der Waals surface area contributed by atoms with Crippen molar-refractivity contribution in [2.45, 2.75) is 13.8 Å². The molecular weight excluding hydrogens is 294 g/mol. The standard InChI is InChI=1S/C13H14BrN3O/c1-8-5-4-6-9(2)11(8)15-13(18)12-10(14)7-17(3)16-12/h4-7H,1-3H3,(H,15,18). The van der Waals surface area contributed by atoms with E-state index in [1.54, 1.807) is 17.9 Å². The van der Waals surface area contributed by atoms with Crippen LogP contribution in [-0.2, 0) is 7.05 Å². The number of aryl methyl sites for hydroxylation is 3. The Labute approximate surface area is 114 Å². The molecule has 0 atom stereocenters. The van der Waals surface area contributed by atoms with E-state index in [0.717, 1.165) is 16.8 Å². The molecule has 0 spiro atoms. The molecule has 1 aromatic heterocycles. The lowest BCUT2D eigenvalue weighted by molar-refractivity contribution is 0.102. The summed E-state index contributed by atoms with van der Waals surface area (Å²) >= 11 is 3.32. The van der Waals surface area contributed by atoms with Gasteiger partial charge >= 0.3 is 0 Å². The van der Waals surface area contributed by atoms with Gasteiger partial charge in [-0.3, -0.25) is 9.48 Å². The first-order valence-corrected chi connectivity index (χ1v) is 6.35. The van der Waals surface area contributed by atoms with E-state index in [0.29, 0.717) is 10.2 Å². The summed E-state index contributed by atoms with van der Waals surface area (Å²) in [5.41, 5.74) is 3.31. The van der Waals surface area contributed by atoms with Gasteiger partial charge in [-0.1, -0.05) is 18.2 Å². The van der Waals surface area contributed by atoms with Gasteiger partial charge in [0.05, 0.1) is 4.47 Å². The van der Waals surface area contributed by atoms with E-state index < -0.39 is 0 Å². The van der Waals surface area contributed by atoms with E-state index in [4.69, 9.17) is 0 Å². The number of benzene rings is 1. The molecule has 1 amide bonds. The van der Waals surface area contributed by atoms with Crippen LogP contribution >= 0.6 is 15.9 Å². The highest BCUT2D eigenvalue weighted by Crippen LogP contribution is 2.21. The number of anilines is 1. The van der Waals surface area contributed by atoms with Gasteiger partial charge in [0.15, 0.2) is 5.69 Å². The predicted octanol–water partition coefficient (Wildman–Crippen LogP) is 3.05. The summed E-state index contributed by atoms with van der Waals surface area (Å²) in [5.74, 6) is -0.208. The van der Waals surface area contributed by atoms with Crippen LogP contribution in [0.1, 0.15) is 21.6 Å². The van der Waals surface area contributed by atoms with Gasteiger partial charge in [0.2, 0.25) is 0 Å². The molecule has 0 aliphatic rings. The first kappa shape index (κ1) is 12.8. The number of rotatable bonds is 2. The second-order valence-corrected chi connectivity index (χ2v) is 5.07. The Morgan fingerprint density at radius 2 is 1.94 bits per heavy atom. The highest BCUT2D eigenvalue weighted by atomic mass is 79.9. The van der Waals surface area contributed by atoms with E-state index in [2.05, 4.69) is 26.3 Å². The molecule has 0 saturated heterocycles. The van der Waals surface area contributed by atoms with Crippen LogP contribution in [0.5, 0.6) is 0 Å². The zero-order valence-corrected chi connectivity index (χ0v) is 12.1. The normalized spacial score (nSPS) is 10.4. The minimum atomic E-state index is -0.208. The zero-order chi connectivity index (χ0) is 13.3. The number of para-hydroxylation sites is 1. The van der Waals surface area contributed by atoms with Crippen molar-refractivity contribution in [3.63, 3.8) is 0 Å². The third-order valence-electron chi connectivity index (χ3n) is 2.72. The van der Waals surface area contributed by atoms with E-state index in [9.17, 15) is 4.79 Å². The number of amides is 1. The van der Waals surface area contributed by atoms with Crippen molar-refractivity contribution in [1.82, 2.24) is 9.78 Å². The molecular formula is C13H14BrN3O. The molecule has 0 bridgehead atoms. The lowest BCUT2D eigenvalue weighted by Gasteiger charge is -2.10. The van der Waals surface area contributed by atoms with Crippen molar-refractivity contribution in [3.8, 4) is 0 Å². The third kappa shape index (κ3) is 2.46. The smallest absolute Gasteiger partial charge is 0.277 e. The quantitative estimate of drug-likeness (QED) is 0.927. The van der Waals surface area contributed by atoms with Crippen molar-refractivity contribution in [1.29, 1.82) is 0 Å². The van der Waals surface area contributed by atoms with Crippen LogP contribution in [0.2, 0.25) is 0 Å². The summed E-state index contributed by atoms with van der Waals surface area (Å²) in [7, 11) is 1.78. The molecule has 0 saturated carbocycles. The number of hydrogen-bond donors (Lipinski definition) is 1. The van der Waals surface area contributed by atoms with E-state index >= 15 is 0 Å². The summed E-state index contributed by atoms with van der Waals surface area (Å²) in [4.78, 5) is 12.1. The number of aromatic nitrogens is 2. The van der Waals surface area contributed by atoms with Gasteiger partial charge in [-0.2, -0.15) is 5.10 Å². The molecule has 0 aliphatic heterocycles. The van der Waals surface area contributed by atoms with E-state index in [1.807, 2.05) is 32.0 Å². The van der Waals surface area contributed by atoms with Gasteiger partial charge in [0.1, 0.15) is 0 Å². The summed E-state index contributed by atoms with van der Waals surface area (Å²) < 4.78 is 2.29. The average Bonchev–Trinajstić information content (AvgIpc) is 2.63. The average molecular weight is 308 g/mol. The Balaban J connectivity index is 2.30. The van der Waals surface area contributed by atoms with Crippen molar-refractivity contribution >= 4 is 27.5 Å². The summed E-state index contributed by atoms with van der Waals surface area (Å²) in [6.45, 7) is 3.94. The van der Waals surface area contributed by atoms with Crippen LogP contribution in [0.25, 0.3) is 0 Å². The molecule has 0 fully saturated rings. The first-order chi connectivity index (χ1) is 8.49. The molecule has 18 heavy (non-hydrogen) atoms. The Kier molecular flexibility index (Phi) is 3.52. The topological polar surface area (TPSA) is 46.9 Å². The number of carbonyl (C=O) groups excluding carboxylic acids is 1. The molecule has 0 radical (unpaired) electrons. The molecule has 5 heteroatoms. The molecule has 1 aromatic carbocycles. The molecule has 0 aliphatic carbocycles. The first-order valence-electron chi connectivity index (χ1n) is 5.55. The van der Waals surface area contributed by atoms with Crippen LogP contribution in [0.3, 0.4) is 0 Å². The summed E-state index contributed by atoms with van der Waals surface area (Å²) in [5, 5.41) is 7.03. The third-order valence-corrected chi connectivity index (χ3v) is 3.30. The van der Waals surface area contributed by atoms with Gasteiger partial charge in [-0.15, -0.1) is 0 Å². The fourth-order valence-corrected chi connectivity index (χ4v) is 2.35. The van der Waals surface area contributed by atoms with Gasteiger partial charge < -0.3 is 5.32 Å². The molecule has 2 aromatic rings. The predicted molar refractivity (Wildman–Crippen MR) is 74.8 cm³/mol. The summed E-state index contributed by atoms with van der Waals surface area (Å²) in [6.07, 6.45) is 1.75. The molecule has 4 nitrogen and oxygen atoms in total. The SMILES string of the molecule is Cc1cccc(C)c1NC(=O)c1nn(C)cc1Br. The number of hydrogen-bond acceptors (Lipinski definition) is 2. The maximum absolute atomic E-state index is 12.1. The maximum Gasteiger partial charge on any atom is 0.277 e. The zero-order valence-electron chi connectivity index (χ0n) is 10.5. The Morgan fingerprint density at radius 1 is 1.33 bits per heavy atom. The number of nitrogens with one attached hydrogen (secondary N) is 1. The molecule has 1 N–H and O–H groups in total. The molecule has 1 heterocycles. The van der Waals surface area contributed by atoms with Crippen molar-refractivity contribution in [2.24, 2.45) is 7.05 Å². The highest BCUT2D eigenvalue weighted by Gasteiger charge is 2.15. The van der Waals surface area contributed by atoms with E-state index in [-0.39, 0.29) is 5.91 Å². The van der Waals surface area contributed by atoms with Crippen LogP contribution < -0.4 is 5.32 Å². The molecule has 0 unspecified atom stereocenters. The summed E-state index contributed by atoms with van der Waals surface area (Å²) in [6, 6.07) is 5.91. The fourth-order valence-electron chi connectivity index (χ4n) is 1.80. The van der Waals surface area contributed by atoms with Crippen molar-refractivity contribution in [2.75, 3.05) is 5.32 Å². The fraction of sp³-hybridized carbons (Fsp3) is 0.231. The Hall–Kier alpha value is -1.62. The van der Waals surface area contributed by atoms with Crippen molar-refractivity contribution in [3.05, 3.63) is 45.7 Å². The Morgan fingerprint density at radius 3 is 2.44 bits per heavy atom. The second-order valence-electron chi connectivity index (χ2n) is 4.22. The molecule has 94 valence electrons. The monoisotopic (exact) mass is 307 g/mol. The number of nitrogens with zero attached hydrogens (tertiary/aromatic N) is 2. The lowest BCUT2D eigenvalue weighted by atomic mass is 10.1. The van der Waals surface area contributed by atoms with Crippen LogP contribution in [0.15, 0.2) is 28.9 Å². The lowest BCUT2D eigenvalue weighted by Crippen LogP contribution is -2.15. The second kappa shape index (κ2) is 4.94. The number of carbonyl (C=O) groups is 1. The van der Waals surface area contributed by atoms with Crippen LogP contribution in [-0.4, -0.2) is 15.7 Å². The van der Waals surface area contributed by atoms with Gasteiger partial charge in [0.25, 0.3) is 5.91 Å². The number of halogens is 1. The maximum atomic E-state index is 12.1.